The third kappa shape index (κ3) is 2.45. The lowest BCUT2D eigenvalue weighted by atomic mass is 9.93. The Hall–Kier alpha value is -0.630. The Bertz CT molecular complexity index is 169. The van der Waals surface area contributed by atoms with Crippen LogP contribution in [0.2, 0.25) is 0 Å². The maximum atomic E-state index is 5.29. The van der Waals surface area contributed by atoms with Gasteiger partial charge in [0.1, 0.15) is 0 Å². The van der Waals surface area contributed by atoms with Crippen molar-refractivity contribution >= 4 is 5.71 Å². The van der Waals surface area contributed by atoms with E-state index in [1.165, 1.54) is 5.71 Å². The molecule has 1 aliphatic rings. The van der Waals surface area contributed by atoms with Crippen LogP contribution in [0.1, 0.15) is 26.2 Å². The van der Waals surface area contributed by atoms with Crippen molar-refractivity contribution in [1.82, 2.24) is 0 Å². The van der Waals surface area contributed by atoms with Gasteiger partial charge in [-0.2, -0.15) is 0 Å². The molecule has 0 unspecified atom stereocenters. The molecule has 0 bridgehead atoms. The average Bonchev–Trinajstić information content (AvgIpc) is 2.15. The molecule has 1 fully saturated rings. The summed E-state index contributed by atoms with van der Waals surface area (Å²) >= 11 is 0. The molecule has 1 rings (SSSR count). The lowest BCUT2D eigenvalue weighted by Gasteiger charge is -2.22. The lowest BCUT2D eigenvalue weighted by molar-refractivity contribution is 0.0824. The molecule has 0 aromatic carbocycles. The molecule has 2 nitrogen and oxygen atoms in total. The average molecular weight is 167 g/mol. The van der Waals surface area contributed by atoms with Gasteiger partial charge in [-0.05, 0) is 19.3 Å². The summed E-state index contributed by atoms with van der Waals surface area (Å²) in [4.78, 5) is 4.29. The Morgan fingerprint density at radius 1 is 1.58 bits per heavy atom. The van der Waals surface area contributed by atoms with Crippen molar-refractivity contribution in [1.29, 1.82) is 0 Å². The smallest absolute Gasteiger partial charge is 0.0472 e. The van der Waals surface area contributed by atoms with Gasteiger partial charge in [-0.3, -0.25) is 4.99 Å². The van der Waals surface area contributed by atoms with Gasteiger partial charge in [-0.25, -0.2) is 0 Å². The predicted molar refractivity (Wildman–Crippen MR) is 51.5 cm³/mol. The molecule has 0 atom stereocenters. The molecule has 0 radical (unpaired) electrons. The number of hydrogen-bond acceptors (Lipinski definition) is 2. The van der Waals surface area contributed by atoms with Crippen LogP contribution >= 0.6 is 0 Å². The van der Waals surface area contributed by atoms with Crippen LogP contribution < -0.4 is 0 Å². The minimum atomic E-state index is 0.641. The van der Waals surface area contributed by atoms with Gasteiger partial charge in [-0.1, -0.05) is 13.5 Å². The van der Waals surface area contributed by atoms with Crippen LogP contribution in [-0.2, 0) is 4.74 Å². The first kappa shape index (κ1) is 9.46. The van der Waals surface area contributed by atoms with Crippen LogP contribution in [0.4, 0.5) is 0 Å². The molecule has 1 aliphatic heterocycles. The summed E-state index contributed by atoms with van der Waals surface area (Å²) in [5.74, 6) is 0.641. The Labute approximate surface area is 74.3 Å². The molecule has 68 valence electrons. The maximum absolute atomic E-state index is 5.29. The van der Waals surface area contributed by atoms with Crippen LogP contribution in [0, 0.1) is 5.92 Å². The van der Waals surface area contributed by atoms with E-state index in [2.05, 4.69) is 18.5 Å². The first-order valence-electron chi connectivity index (χ1n) is 4.63. The highest BCUT2D eigenvalue weighted by molar-refractivity contribution is 5.87. The molecule has 0 saturated carbocycles. The zero-order valence-corrected chi connectivity index (χ0v) is 7.75. The Morgan fingerprint density at radius 2 is 2.25 bits per heavy atom. The second-order valence-electron chi connectivity index (χ2n) is 3.04. The van der Waals surface area contributed by atoms with Crippen molar-refractivity contribution in [2.24, 2.45) is 10.9 Å². The zero-order chi connectivity index (χ0) is 8.81. The van der Waals surface area contributed by atoms with E-state index in [9.17, 15) is 0 Å². The second kappa shape index (κ2) is 5.09. The fraction of sp³-hybridized carbons (Fsp3) is 0.700. The van der Waals surface area contributed by atoms with Gasteiger partial charge in [0.25, 0.3) is 0 Å². The highest BCUT2D eigenvalue weighted by atomic mass is 16.5. The van der Waals surface area contributed by atoms with Gasteiger partial charge in [0.2, 0.25) is 0 Å². The first-order valence-corrected chi connectivity index (χ1v) is 4.63. The Morgan fingerprint density at radius 3 is 2.75 bits per heavy atom. The number of aliphatic imine (C=N–C) groups is 1. The number of rotatable bonds is 3. The van der Waals surface area contributed by atoms with Crippen LogP contribution in [0.15, 0.2) is 17.8 Å². The van der Waals surface area contributed by atoms with Gasteiger partial charge < -0.3 is 4.74 Å². The van der Waals surface area contributed by atoms with Crippen LogP contribution in [0.25, 0.3) is 0 Å². The molecule has 0 spiro atoms. The molecule has 0 aromatic heterocycles. The van der Waals surface area contributed by atoms with E-state index in [4.69, 9.17) is 4.74 Å². The molecular weight excluding hydrogens is 150 g/mol. The molecule has 2 heteroatoms. The Balaban J connectivity index is 2.51. The lowest BCUT2D eigenvalue weighted by Crippen LogP contribution is -2.22. The quantitative estimate of drug-likeness (QED) is 0.591. The van der Waals surface area contributed by atoms with Crippen molar-refractivity contribution in [3.05, 3.63) is 12.8 Å². The molecule has 0 amide bonds. The summed E-state index contributed by atoms with van der Waals surface area (Å²) in [7, 11) is 0. The fourth-order valence-electron chi connectivity index (χ4n) is 1.63. The third-order valence-electron chi connectivity index (χ3n) is 2.31. The summed E-state index contributed by atoms with van der Waals surface area (Å²) in [6, 6.07) is 0. The summed E-state index contributed by atoms with van der Waals surface area (Å²) in [5.41, 5.74) is 1.29. The Kier molecular flexibility index (Phi) is 4.01. The molecular formula is C10H17NO. The third-order valence-corrected chi connectivity index (χ3v) is 2.31. The molecule has 1 saturated heterocycles. The molecule has 0 aromatic rings. The highest BCUT2D eigenvalue weighted by Crippen LogP contribution is 2.18. The van der Waals surface area contributed by atoms with Gasteiger partial charge in [0.15, 0.2) is 0 Å². The molecule has 12 heavy (non-hydrogen) atoms. The summed E-state index contributed by atoms with van der Waals surface area (Å²) in [5, 5.41) is 0. The van der Waals surface area contributed by atoms with Crippen LogP contribution in [-0.4, -0.2) is 18.9 Å². The molecule has 0 aliphatic carbocycles. The fourth-order valence-corrected chi connectivity index (χ4v) is 1.63. The highest BCUT2D eigenvalue weighted by Gasteiger charge is 2.17. The van der Waals surface area contributed by atoms with E-state index in [0.29, 0.717) is 5.92 Å². The number of ether oxygens (including phenoxy) is 1. The summed E-state index contributed by atoms with van der Waals surface area (Å²) in [6.07, 6.45) is 4.94. The van der Waals surface area contributed by atoms with E-state index >= 15 is 0 Å². The van der Waals surface area contributed by atoms with Gasteiger partial charge in [-0.15, -0.1) is 0 Å². The topological polar surface area (TPSA) is 21.6 Å². The summed E-state index contributed by atoms with van der Waals surface area (Å²) in [6.45, 7) is 7.55. The zero-order valence-electron chi connectivity index (χ0n) is 7.75. The van der Waals surface area contributed by atoms with Gasteiger partial charge >= 0.3 is 0 Å². The maximum Gasteiger partial charge on any atom is 0.0472 e. The van der Waals surface area contributed by atoms with Crippen molar-refractivity contribution in [2.75, 3.05) is 13.2 Å². The summed E-state index contributed by atoms with van der Waals surface area (Å²) < 4.78 is 5.29. The van der Waals surface area contributed by atoms with Crippen molar-refractivity contribution in [2.45, 2.75) is 26.2 Å². The van der Waals surface area contributed by atoms with Crippen LogP contribution in [0.5, 0.6) is 0 Å². The van der Waals surface area contributed by atoms with Gasteiger partial charge in [0.05, 0.1) is 0 Å². The minimum Gasteiger partial charge on any atom is -0.381 e. The van der Waals surface area contributed by atoms with Crippen molar-refractivity contribution in [3.63, 3.8) is 0 Å². The van der Waals surface area contributed by atoms with E-state index in [0.717, 1.165) is 32.5 Å². The minimum absolute atomic E-state index is 0.641. The van der Waals surface area contributed by atoms with E-state index in [-0.39, 0.29) is 0 Å². The largest absolute Gasteiger partial charge is 0.381 e. The van der Waals surface area contributed by atoms with Crippen LogP contribution in [0.3, 0.4) is 0 Å². The predicted octanol–water partition coefficient (Wildman–Crippen LogP) is 2.41. The van der Waals surface area contributed by atoms with Crippen molar-refractivity contribution < 1.29 is 4.74 Å². The standard InChI is InChI=1S/C10H17NO/c1-3-10(11-4-2)9-5-7-12-8-6-9/h4,9H,2-3,5-8H2,1H3/b11-10+. The molecule has 0 N–H and O–H groups in total. The number of nitrogens with zero attached hydrogens (tertiary/aromatic N) is 1. The SMILES string of the molecule is C=C/N=C(\CC)C1CCOCC1. The van der Waals surface area contributed by atoms with E-state index < -0.39 is 0 Å². The monoisotopic (exact) mass is 167 g/mol. The van der Waals surface area contributed by atoms with E-state index in [1.54, 1.807) is 6.20 Å². The van der Waals surface area contributed by atoms with Gasteiger partial charge in [0, 0.05) is 31.0 Å². The van der Waals surface area contributed by atoms with E-state index in [1.807, 2.05) is 0 Å². The van der Waals surface area contributed by atoms with Crippen molar-refractivity contribution in [3.8, 4) is 0 Å². The molecule has 1 heterocycles. The second-order valence-corrected chi connectivity index (χ2v) is 3.04. The normalized spacial score (nSPS) is 20.9. The number of hydrogen-bond donors (Lipinski definition) is 0. The first-order chi connectivity index (χ1) is 5.88.